The van der Waals surface area contributed by atoms with Crippen LogP contribution in [0.3, 0.4) is 0 Å². The maximum atomic E-state index is 2.27. The van der Waals surface area contributed by atoms with Crippen LogP contribution in [0, 0.1) is 0 Å². The lowest BCUT2D eigenvalue weighted by Gasteiger charge is -2.37. The first-order valence-electron chi connectivity index (χ1n) is 6.79. The maximum absolute atomic E-state index is 2.27. The fourth-order valence-electron chi connectivity index (χ4n) is 3.06. The summed E-state index contributed by atoms with van der Waals surface area (Å²) in [5, 5.41) is 0. The second-order valence-corrected chi connectivity index (χ2v) is 5.12. The van der Waals surface area contributed by atoms with Crippen molar-refractivity contribution in [3.05, 3.63) is 95.6 Å². The van der Waals surface area contributed by atoms with Crippen LogP contribution in [0.2, 0.25) is 0 Å². The van der Waals surface area contributed by atoms with E-state index in [1.165, 1.54) is 16.7 Å². The van der Waals surface area contributed by atoms with E-state index < -0.39 is 0 Å². The second-order valence-electron chi connectivity index (χ2n) is 5.12. The molecular formula is C19H18. The van der Waals surface area contributed by atoms with Gasteiger partial charge in [-0.05, 0) is 24.5 Å². The molecule has 0 spiro atoms. The molecule has 1 aliphatic carbocycles. The molecule has 0 aromatic heterocycles. The predicted octanol–water partition coefficient (Wildman–Crippen LogP) is 4.88. The highest BCUT2D eigenvalue weighted by Gasteiger charge is 2.35. The van der Waals surface area contributed by atoms with Gasteiger partial charge in [-0.25, -0.2) is 0 Å². The van der Waals surface area contributed by atoms with E-state index in [2.05, 4.69) is 85.8 Å². The van der Waals surface area contributed by atoms with Crippen LogP contribution in [-0.2, 0) is 5.41 Å². The van der Waals surface area contributed by atoms with Crippen molar-refractivity contribution in [1.82, 2.24) is 0 Å². The van der Waals surface area contributed by atoms with Crippen molar-refractivity contribution < 1.29 is 0 Å². The average molecular weight is 246 g/mol. The Balaban J connectivity index is 2.23. The van der Waals surface area contributed by atoms with Gasteiger partial charge in [0.15, 0.2) is 0 Å². The minimum Gasteiger partial charge on any atom is -0.0830 e. The molecule has 2 aromatic carbocycles. The fourth-order valence-corrected chi connectivity index (χ4v) is 3.06. The zero-order valence-corrected chi connectivity index (χ0v) is 11.2. The molecule has 2 aromatic rings. The van der Waals surface area contributed by atoms with Crippen LogP contribution in [0.1, 0.15) is 24.5 Å². The van der Waals surface area contributed by atoms with Crippen molar-refractivity contribution in [3.63, 3.8) is 0 Å². The molecule has 0 nitrogen and oxygen atoms in total. The Hall–Kier alpha value is -2.08. The first kappa shape index (κ1) is 12.0. The van der Waals surface area contributed by atoms with Crippen LogP contribution < -0.4 is 0 Å². The first-order valence-corrected chi connectivity index (χ1v) is 6.79. The standard InChI is InChI=1S/C19H18/c1-16-10-8-9-15-19(16,17-11-4-2-5-12-17)18-13-6-3-7-14-18/h2-14H,15H2,1H3. The van der Waals surface area contributed by atoms with Crippen LogP contribution in [0.5, 0.6) is 0 Å². The van der Waals surface area contributed by atoms with E-state index in [9.17, 15) is 0 Å². The number of hydrogen-bond donors (Lipinski definition) is 0. The molecule has 0 N–H and O–H groups in total. The summed E-state index contributed by atoms with van der Waals surface area (Å²) in [5.41, 5.74) is 4.16. The van der Waals surface area contributed by atoms with Crippen molar-refractivity contribution >= 4 is 0 Å². The third-order valence-electron chi connectivity index (χ3n) is 4.11. The minimum atomic E-state index is -0.00271. The molecule has 0 saturated carbocycles. The molecule has 0 heterocycles. The van der Waals surface area contributed by atoms with Gasteiger partial charge in [-0.1, -0.05) is 84.5 Å². The SMILES string of the molecule is CC1=CC=CCC1(c1ccccc1)c1ccccc1. The van der Waals surface area contributed by atoms with E-state index in [4.69, 9.17) is 0 Å². The Bertz CT molecular complexity index is 564. The molecule has 0 heteroatoms. The van der Waals surface area contributed by atoms with Crippen molar-refractivity contribution in [2.75, 3.05) is 0 Å². The van der Waals surface area contributed by atoms with Crippen LogP contribution in [-0.4, -0.2) is 0 Å². The Labute approximate surface area is 115 Å². The van der Waals surface area contributed by atoms with Crippen LogP contribution in [0.25, 0.3) is 0 Å². The maximum Gasteiger partial charge on any atom is 0.0445 e. The Morgan fingerprint density at radius 3 is 1.79 bits per heavy atom. The molecular weight excluding hydrogens is 228 g/mol. The summed E-state index contributed by atoms with van der Waals surface area (Å²) in [5.74, 6) is 0. The molecule has 0 atom stereocenters. The normalized spacial score (nSPS) is 17.0. The first-order chi connectivity index (χ1) is 9.34. The molecule has 0 amide bonds. The lowest BCUT2D eigenvalue weighted by Crippen LogP contribution is -2.29. The predicted molar refractivity (Wildman–Crippen MR) is 81.2 cm³/mol. The topological polar surface area (TPSA) is 0 Å². The van der Waals surface area contributed by atoms with Gasteiger partial charge in [0.2, 0.25) is 0 Å². The monoisotopic (exact) mass is 246 g/mol. The van der Waals surface area contributed by atoms with Crippen LogP contribution in [0.4, 0.5) is 0 Å². The molecule has 19 heavy (non-hydrogen) atoms. The van der Waals surface area contributed by atoms with Gasteiger partial charge in [0.1, 0.15) is 0 Å². The number of allylic oxidation sites excluding steroid dienone is 4. The molecule has 3 rings (SSSR count). The highest BCUT2D eigenvalue weighted by molar-refractivity contribution is 5.51. The van der Waals surface area contributed by atoms with E-state index >= 15 is 0 Å². The van der Waals surface area contributed by atoms with Crippen LogP contribution in [0.15, 0.2) is 84.5 Å². The molecule has 0 radical (unpaired) electrons. The van der Waals surface area contributed by atoms with Crippen molar-refractivity contribution in [2.24, 2.45) is 0 Å². The van der Waals surface area contributed by atoms with Crippen molar-refractivity contribution in [1.29, 1.82) is 0 Å². The summed E-state index contributed by atoms with van der Waals surface area (Å²) in [6.45, 7) is 2.24. The molecule has 0 unspecified atom stereocenters. The van der Waals surface area contributed by atoms with E-state index in [1.807, 2.05) is 0 Å². The molecule has 1 aliphatic rings. The zero-order valence-electron chi connectivity index (χ0n) is 11.2. The van der Waals surface area contributed by atoms with E-state index in [0.717, 1.165) is 6.42 Å². The Kier molecular flexibility index (Phi) is 3.08. The van der Waals surface area contributed by atoms with Gasteiger partial charge >= 0.3 is 0 Å². The van der Waals surface area contributed by atoms with Crippen molar-refractivity contribution in [2.45, 2.75) is 18.8 Å². The molecule has 0 fully saturated rings. The van der Waals surface area contributed by atoms with E-state index in [0.29, 0.717) is 0 Å². The van der Waals surface area contributed by atoms with Gasteiger partial charge < -0.3 is 0 Å². The number of hydrogen-bond acceptors (Lipinski definition) is 0. The molecule has 0 saturated heterocycles. The summed E-state index contributed by atoms with van der Waals surface area (Å²) >= 11 is 0. The largest absolute Gasteiger partial charge is 0.0830 e. The van der Waals surface area contributed by atoms with E-state index in [-0.39, 0.29) is 5.41 Å². The summed E-state index contributed by atoms with van der Waals surface area (Å²) in [6.07, 6.45) is 7.71. The van der Waals surface area contributed by atoms with Gasteiger partial charge in [-0.2, -0.15) is 0 Å². The van der Waals surface area contributed by atoms with Gasteiger partial charge in [0.25, 0.3) is 0 Å². The highest BCUT2D eigenvalue weighted by Crippen LogP contribution is 2.43. The third-order valence-corrected chi connectivity index (χ3v) is 4.11. The fraction of sp³-hybridized carbons (Fsp3) is 0.158. The molecule has 0 aliphatic heterocycles. The summed E-state index contributed by atoms with van der Waals surface area (Å²) in [6, 6.07) is 21.6. The number of rotatable bonds is 2. The Morgan fingerprint density at radius 2 is 1.32 bits per heavy atom. The van der Waals surface area contributed by atoms with Crippen molar-refractivity contribution in [3.8, 4) is 0 Å². The quantitative estimate of drug-likeness (QED) is 0.708. The van der Waals surface area contributed by atoms with Gasteiger partial charge in [0.05, 0.1) is 0 Å². The zero-order chi connectivity index (χ0) is 13.1. The summed E-state index contributed by atoms with van der Waals surface area (Å²) in [4.78, 5) is 0. The summed E-state index contributed by atoms with van der Waals surface area (Å²) < 4.78 is 0. The Morgan fingerprint density at radius 1 is 0.789 bits per heavy atom. The minimum absolute atomic E-state index is 0.00271. The molecule has 0 bridgehead atoms. The second kappa shape index (κ2) is 4.89. The lowest BCUT2D eigenvalue weighted by molar-refractivity contribution is 0.605. The van der Waals surface area contributed by atoms with Gasteiger partial charge in [-0.15, -0.1) is 0 Å². The summed E-state index contributed by atoms with van der Waals surface area (Å²) in [7, 11) is 0. The van der Waals surface area contributed by atoms with Gasteiger partial charge in [0, 0.05) is 5.41 Å². The van der Waals surface area contributed by atoms with Crippen LogP contribution >= 0.6 is 0 Å². The smallest absolute Gasteiger partial charge is 0.0445 e. The lowest BCUT2D eigenvalue weighted by atomic mass is 9.66. The van der Waals surface area contributed by atoms with Gasteiger partial charge in [-0.3, -0.25) is 0 Å². The number of benzene rings is 2. The average Bonchev–Trinajstić information content (AvgIpc) is 2.50. The highest BCUT2D eigenvalue weighted by atomic mass is 14.4. The van der Waals surface area contributed by atoms with E-state index in [1.54, 1.807) is 0 Å². The third kappa shape index (κ3) is 1.94. The molecule has 94 valence electrons.